The quantitative estimate of drug-likeness (QED) is 0.298. The third-order valence-corrected chi connectivity index (χ3v) is 6.47. The van der Waals surface area contributed by atoms with Crippen LogP contribution in [0.2, 0.25) is 5.02 Å². The van der Waals surface area contributed by atoms with Crippen molar-refractivity contribution in [2.75, 3.05) is 11.9 Å². The summed E-state index contributed by atoms with van der Waals surface area (Å²) in [5, 5.41) is 9.54. The molecular weight excluding hydrogens is 478 g/mol. The second-order valence-corrected chi connectivity index (χ2v) is 10.7. The predicted molar refractivity (Wildman–Crippen MR) is 143 cm³/mol. The molecule has 1 saturated carbocycles. The zero-order valence-electron chi connectivity index (χ0n) is 21.0. The Labute approximate surface area is 216 Å². The van der Waals surface area contributed by atoms with Crippen LogP contribution in [0, 0.1) is 5.92 Å². The molecule has 8 nitrogen and oxygen atoms in total. The molecule has 0 bridgehead atoms. The van der Waals surface area contributed by atoms with Crippen molar-refractivity contribution in [2.45, 2.75) is 65.0 Å². The molecule has 4 rings (SSSR count). The minimum Gasteiger partial charge on any atom is -0.444 e. The summed E-state index contributed by atoms with van der Waals surface area (Å²) >= 11 is 6.39. The largest absolute Gasteiger partial charge is 0.444 e. The van der Waals surface area contributed by atoms with Gasteiger partial charge in [0.15, 0.2) is 0 Å². The van der Waals surface area contributed by atoms with E-state index in [0.29, 0.717) is 34.7 Å². The van der Waals surface area contributed by atoms with Gasteiger partial charge >= 0.3 is 6.09 Å². The summed E-state index contributed by atoms with van der Waals surface area (Å²) in [6.07, 6.45) is 5.71. The van der Waals surface area contributed by atoms with Crippen LogP contribution in [0.15, 0.2) is 36.4 Å². The molecule has 0 spiro atoms. The van der Waals surface area contributed by atoms with Gasteiger partial charge in [-0.25, -0.2) is 9.78 Å². The molecule has 192 valence electrons. The average molecular weight is 512 g/mol. The van der Waals surface area contributed by atoms with Gasteiger partial charge in [0.05, 0.1) is 21.7 Å². The van der Waals surface area contributed by atoms with Crippen molar-refractivity contribution in [3.63, 3.8) is 0 Å². The number of alkyl carbamates (subject to hydrolysis) is 1. The highest BCUT2D eigenvalue weighted by molar-refractivity contribution is 6.33. The number of carbonyl (C=O) groups excluding carboxylic acids is 2. The third kappa shape index (κ3) is 7.13. The van der Waals surface area contributed by atoms with Gasteiger partial charge in [-0.1, -0.05) is 36.9 Å². The summed E-state index contributed by atoms with van der Waals surface area (Å²) < 4.78 is 5.28. The van der Waals surface area contributed by atoms with Crippen LogP contribution in [-0.4, -0.2) is 34.1 Å². The molecule has 1 aliphatic carbocycles. The molecule has 0 atom stereocenters. The Morgan fingerprint density at radius 3 is 2.61 bits per heavy atom. The van der Waals surface area contributed by atoms with Gasteiger partial charge in [-0.3, -0.25) is 4.79 Å². The molecule has 0 aliphatic heterocycles. The highest BCUT2D eigenvalue weighted by atomic mass is 35.5. The van der Waals surface area contributed by atoms with Crippen LogP contribution in [0.1, 0.15) is 68.8 Å². The maximum absolute atomic E-state index is 12.7. The van der Waals surface area contributed by atoms with Crippen molar-refractivity contribution in [1.29, 1.82) is 0 Å². The Balaban J connectivity index is 1.39. The highest BCUT2D eigenvalue weighted by Gasteiger charge is 2.17. The number of amides is 2. The van der Waals surface area contributed by atoms with Crippen LogP contribution in [0.4, 0.5) is 16.4 Å². The Kier molecular flexibility index (Phi) is 8.04. The van der Waals surface area contributed by atoms with Gasteiger partial charge in [0.2, 0.25) is 5.95 Å². The summed E-state index contributed by atoms with van der Waals surface area (Å²) in [5.74, 6) is 1.01. The Bertz CT molecular complexity index is 1230. The molecular formula is C27H34ClN5O3. The number of hydrogen-bond donors (Lipinski definition) is 4. The first-order valence-corrected chi connectivity index (χ1v) is 12.8. The fourth-order valence-electron chi connectivity index (χ4n) is 4.33. The van der Waals surface area contributed by atoms with E-state index in [1.165, 1.54) is 32.1 Å². The fourth-order valence-corrected chi connectivity index (χ4v) is 4.50. The molecule has 0 radical (unpaired) electrons. The number of ether oxygens (including phenoxy) is 1. The molecule has 3 aromatic rings. The third-order valence-electron chi connectivity index (χ3n) is 6.14. The molecule has 1 aromatic heterocycles. The standard InChI is InChI=1S/C27H34ClN5O3/c1-27(2,3)36-26(35)30-16-18-9-11-20(28)22(13-18)32-25-31-21-12-10-19(14-23(21)33-25)24(34)29-15-17-7-5-4-6-8-17/h9-14,17H,4-8,15-16H2,1-3H3,(H,29,34)(H,30,35)(H2,31,32,33). The summed E-state index contributed by atoms with van der Waals surface area (Å²) in [6.45, 7) is 6.47. The van der Waals surface area contributed by atoms with Crippen molar-refractivity contribution in [1.82, 2.24) is 20.6 Å². The van der Waals surface area contributed by atoms with Crippen molar-refractivity contribution in [3.8, 4) is 0 Å². The van der Waals surface area contributed by atoms with Crippen molar-refractivity contribution in [2.24, 2.45) is 5.92 Å². The van der Waals surface area contributed by atoms with Crippen molar-refractivity contribution >= 4 is 46.3 Å². The first kappa shape index (κ1) is 25.8. The number of aromatic nitrogens is 2. The molecule has 36 heavy (non-hydrogen) atoms. The number of imidazole rings is 1. The van der Waals surface area contributed by atoms with Gasteiger partial charge in [-0.05, 0) is 75.4 Å². The van der Waals surface area contributed by atoms with E-state index in [9.17, 15) is 9.59 Å². The number of rotatable bonds is 7. The normalized spacial score (nSPS) is 14.4. The lowest BCUT2D eigenvalue weighted by molar-refractivity contribution is 0.0523. The van der Waals surface area contributed by atoms with E-state index in [1.807, 2.05) is 45.0 Å². The number of benzene rings is 2. The lowest BCUT2D eigenvalue weighted by atomic mass is 9.89. The zero-order chi connectivity index (χ0) is 25.7. The number of nitrogens with one attached hydrogen (secondary N) is 4. The number of anilines is 2. The van der Waals surface area contributed by atoms with Crippen molar-refractivity contribution in [3.05, 3.63) is 52.5 Å². The smallest absolute Gasteiger partial charge is 0.407 e. The van der Waals surface area contributed by atoms with Crippen molar-refractivity contribution < 1.29 is 14.3 Å². The number of fused-ring (bicyclic) bond motifs is 1. The molecule has 0 saturated heterocycles. The second kappa shape index (κ2) is 11.2. The molecule has 1 aliphatic rings. The molecule has 0 unspecified atom stereocenters. The van der Waals surface area contributed by atoms with Gasteiger partial charge in [-0.2, -0.15) is 0 Å². The molecule has 4 N–H and O–H groups in total. The van der Waals surface area contributed by atoms with Crippen LogP contribution in [-0.2, 0) is 11.3 Å². The predicted octanol–water partition coefficient (Wildman–Crippen LogP) is 6.29. The topological polar surface area (TPSA) is 108 Å². The van der Waals surface area contributed by atoms with Crippen LogP contribution in [0.3, 0.4) is 0 Å². The summed E-state index contributed by atoms with van der Waals surface area (Å²) in [6, 6.07) is 10.9. The molecule has 1 fully saturated rings. The Morgan fingerprint density at radius 1 is 1.08 bits per heavy atom. The van der Waals surface area contributed by atoms with Gasteiger partial charge in [0.1, 0.15) is 5.60 Å². The van der Waals surface area contributed by atoms with Gasteiger partial charge < -0.3 is 25.7 Å². The molecule has 1 heterocycles. The van der Waals surface area contributed by atoms with E-state index >= 15 is 0 Å². The number of halogens is 1. The van der Waals surface area contributed by atoms with E-state index < -0.39 is 11.7 Å². The number of nitrogens with zero attached hydrogens (tertiary/aromatic N) is 1. The van der Waals surface area contributed by atoms with E-state index in [-0.39, 0.29) is 5.91 Å². The van der Waals surface area contributed by atoms with E-state index in [2.05, 4.69) is 25.9 Å². The van der Waals surface area contributed by atoms with Crippen LogP contribution < -0.4 is 16.0 Å². The van der Waals surface area contributed by atoms with Gasteiger partial charge in [-0.15, -0.1) is 0 Å². The Morgan fingerprint density at radius 2 is 1.86 bits per heavy atom. The van der Waals surface area contributed by atoms with Crippen LogP contribution in [0.25, 0.3) is 11.0 Å². The monoisotopic (exact) mass is 511 g/mol. The highest BCUT2D eigenvalue weighted by Crippen LogP contribution is 2.27. The summed E-state index contributed by atoms with van der Waals surface area (Å²) in [4.78, 5) is 32.4. The lowest BCUT2D eigenvalue weighted by Crippen LogP contribution is -2.32. The zero-order valence-corrected chi connectivity index (χ0v) is 21.8. The number of hydrogen-bond acceptors (Lipinski definition) is 5. The second-order valence-electron chi connectivity index (χ2n) is 10.3. The SMILES string of the molecule is CC(C)(C)OC(=O)NCc1ccc(Cl)c(Nc2nc3ccc(C(=O)NCC4CCCCC4)cc3[nH]2)c1. The number of aromatic amines is 1. The first-order valence-electron chi connectivity index (χ1n) is 12.5. The van der Waals surface area contributed by atoms with Crippen LogP contribution >= 0.6 is 11.6 Å². The van der Waals surface area contributed by atoms with E-state index in [4.69, 9.17) is 16.3 Å². The summed E-state index contributed by atoms with van der Waals surface area (Å²) in [7, 11) is 0. The molecule has 2 aromatic carbocycles. The van der Waals surface area contributed by atoms with E-state index in [0.717, 1.165) is 23.1 Å². The minimum atomic E-state index is -0.561. The minimum absolute atomic E-state index is 0.0696. The van der Waals surface area contributed by atoms with E-state index in [1.54, 1.807) is 12.1 Å². The Hall–Kier alpha value is -3.26. The lowest BCUT2D eigenvalue weighted by Gasteiger charge is -2.21. The maximum atomic E-state index is 12.7. The fraction of sp³-hybridized carbons (Fsp3) is 0.444. The molecule has 2 amide bonds. The van der Waals surface area contributed by atoms with Gasteiger partial charge in [0, 0.05) is 18.7 Å². The first-order chi connectivity index (χ1) is 17.2. The van der Waals surface area contributed by atoms with Crippen LogP contribution in [0.5, 0.6) is 0 Å². The molecule has 9 heteroatoms. The van der Waals surface area contributed by atoms with Gasteiger partial charge in [0.25, 0.3) is 5.91 Å². The average Bonchev–Trinajstić information content (AvgIpc) is 3.24. The number of carbonyl (C=O) groups is 2. The maximum Gasteiger partial charge on any atom is 0.407 e. The summed E-state index contributed by atoms with van der Waals surface area (Å²) in [5.41, 5.74) is 3.02. The number of H-pyrrole nitrogens is 1.